The number of aromatic nitrogens is 1. The lowest BCUT2D eigenvalue weighted by Gasteiger charge is -2.26. The molecule has 1 aromatic heterocycles. The van der Waals surface area contributed by atoms with Crippen LogP contribution in [0, 0.1) is 11.8 Å². The highest BCUT2D eigenvalue weighted by Gasteiger charge is 2.17. The van der Waals surface area contributed by atoms with Gasteiger partial charge in [-0.3, -0.25) is 0 Å². The van der Waals surface area contributed by atoms with E-state index >= 15 is 0 Å². The number of nitrogens with zero attached hydrogens (tertiary/aromatic N) is 1. The van der Waals surface area contributed by atoms with Crippen molar-refractivity contribution in [1.29, 1.82) is 0 Å². The van der Waals surface area contributed by atoms with E-state index in [1.54, 1.807) is 0 Å². The highest BCUT2D eigenvalue weighted by atomic mass is 16.5. The second-order valence-electron chi connectivity index (χ2n) is 5.64. The first-order valence-corrected chi connectivity index (χ1v) is 7.61. The highest BCUT2D eigenvalue weighted by Crippen LogP contribution is 2.30. The molecule has 1 aliphatic carbocycles. The smallest absolute Gasteiger partial charge is 0.215 e. The van der Waals surface area contributed by atoms with Crippen molar-refractivity contribution in [3.05, 3.63) is 18.2 Å². The van der Waals surface area contributed by atoms with E-state index in [1.165, 1.54) is 32.1 Å². The van der Waals surface area contributed by atoms with Gasteiger partial charge in [0.1, 0.15) is 5.82 Å². The van der Waals surface area contributed by atoms with Crippen molar-refractivity contribution in [3.8, 4) is 5.88 Å². The van der Waals surface area contributed by atoms with Gasteiger partial charge in [0, 0.05) is 12.6 Å². The summed E-state index contributed by atoms with van der Waals surface area (Å²) in [5, 5.41) is 3.41. The molecule has 1 saturated carbocycles. The molecule has 0 amide bonds. The number of hydrogen-bond acceptors (Lipinski definition) is 3. The molecule has 0 atom stereocenters. The summed E-state index contributed by atoms with van der Waals surface area (Å²) in [4.78, 5) is 4.42. The number of nitrogens with one attached hydrogen (secondary N) is 1. The first-order valence-electron chi connectivity index (χ1n) is 7.61. The third kappa shape index (κ3) is 4.73. The SMILES string of the molecule is CCOc1cccc(NCCC2CCC(C)CC2)n1. The molecule has 1 fully saturated rings. The molecule has 1 aromatic rings. The van der Waals surface area contributed by atoms with E-state index in [-0.39, 0.29) is 0 Å². The predicted octanol–water partition coefficient (Wildman–Crippen LogP) is 4.11. The van der Waals surface area contributed by atoms with Gasteiger partial charge in [0.15, 0.2) is 0 Å². The molecule has 0 saturated heterocycles. The van der Waals surface area contributed by atoms with Crippen LogP contribution in [0.5, 0.6) is 5.88 Å². The third-order valence-electron chi connectivity index (χ3n) is 4.01. The van der Waals surface area contributed by atoms with Gasteiger partial charge in [0.25, 0.3) is 0 Å². The van der Waals surface area contributed by atoms with Crippen LogP contribution < -0.4 is 10.1 Å². The Morgan fingerprint density at radius 3 is 2.79 bits per heavy atom. The molecule has 19 heavy (non-hydrogen) atoms. The summed E-state index contributed by atoms with van der Waals surface area (Å²) in [6.07, 6.45) is 6.86. The van der Waals surface area contributed by atoms with Crippen LogP contribution in [-0.2, 0) is 0 Å². The van der Waals surface area contributed by atoms with Gasteiger partial charge in [-0.1, -0.05) is 38.7 Å². The van der Waals surface area contributed by atoms with Crippen LogP contribution in [0.3, 0.4) is 0 Å². The van der Waals surface area contributed by atoms with Crippen molar-refractivity contribution in [1.82, 2.24) is 4.98 Å². The van der Waals surface area contributed by atoms with Gasteiger partial charge in [-0.25, -0.2) is 0 Å². The Bertz CT molecular complexity index is 373. The van der Waals surface area contributed by atoms with E-state index in [0.29, 0.717) is 12.5 Å². The molecule has 0 unspecified atom stereocenters. The lowest BCUT2D eigenvalue weighted by Crippen LogP contribution is -2.16. The van der Waals surface area contributed by atoms with Crippen LogP contribution in [0.2, 0.25) is 0 Å². The van der Waals surface area contributed by atoms with E-state index in [0.717, 1.165) is 24.2 Å². The zero-order chi connectivity index (χ0) is 13.5. The van der Waals surface area contributed by atoms with Gasteiger partial charge in [-0.15, -0.1) is 0 Å². The van der Waals surface area contributed by atoms with Gasteiger partial charge >= 0.3 is 0 Å². The Kier molecular flexibility index (Phi) is 5.49. The summed E-state index contributed by atoms with van der Waals surface area (Å²) < 4.78 is 5.40. The van der Waals surface area contributed by atoms with Crippen molar-refractivity contribution < 1.29 is 4.74 Å². The Hall–Kier alpha value is -1.25. The van der Waals surface area contributed by atoms with Crippen LogP contribution >= 0.6 is 0 Å². The Morgan fingerprint density at radius 2 is 2.05 bits per heavy atom. The maximum atomic E-state index is 5.40. The molecule has 1 N–H and O–H groups in total. The molecule has 0 spiro atoms. The number of anilines is 1. The Morgan fingerprint density at radius 1 is 1.26 bits per heavy atom. The Labute approximate surface area is 116 Å². The lowest BCUT2D eigenvalue weighted by atomic mass is 9.81. The minimum Gasteiger partial charge on any atom is -0.478 e. The molecule has 3 heteroatoms. The first kappa shape index (κ1) is 14.2. The monoisotopic (exact) mass is 262 g/mol. The molecule has 1 aliphatic rings. The van der Waals surface area contributed by atoms with E-state index in [9.17, 15) is 0 Å². The second kappa shape index (κ2) is 7.37. The van der Waals surface area contributed by atoms with Crippen molar-refractivity contribution >= 4 is 5.82 Å². The predicted molar refractivity (Wildman–Crippen MR) is 79.6 cm³/mol. The number of ether oxygens (including phenoxy) is 1. The molecule has 0 radical (unpaired) electrons. The summed E-state index contributed by atoms with van der Waals surface area (Å²) in [7, 11) is 0. The van der Waals surface area contributed by atoms with Crippen LogP contribution in [0.1, 0.15) is 46.0 Å². The van der Waals surface area contributed by atoms with Crippen LogP contribution in [-0.4, -0.2) is 18.1 Å². The largest absolute Gasteiger partial charge is 0.478 e. The lowest BCUT2D eigenvalue weighted by molar-refractivity contribution is 0.282. The fourth-order valence-electron chi connectivity index (χ4n) is 2.76. The van der Waals surface area contributed by atoms with Gasteiger partial charge in [0.05, 0.1) is 6.61 Å². The molecule has 0 bridgehead atoms. The van der Waals surface area contributed by atoms with Crippen LogP contribution in [0.4, 0.5) is 5.82 Å². The fraction of sp³-hybridized carbons (Fsp3) is 0.688. The van der Waals surface area contributed by atoms with Gasteiger partial charge in [0.2, 0.25) is 5.88 Å². The summed E-state index contributed by atoms with van der Waals surface area (Å²) in [5.41, 5.74) is 0. The highest BCUT2D eigenvalue weighted by molar-refractivity contribution is 5.36. The van der Waals surface area contributed by atoms with Crippen molar-refractivity contribution in [3.63, 3.8) is 0 Å². The maximum absolute atomic E-state index is 5.40. The van der Waals surface area contributed by atoms with Crippen LogP contribution in [0.15, 0.2) is 18.2 Å². The third-order valence-corrected chi connectivity index (χ3v) is 4.01. The summed E-state index contributed by atoms with van der Waals surface area (Å²) in [5.74, 6) is 3.47. The van der Waals surface area contributed by atoms with Gasteiger partial charge < -0.3 is 10.1 Å². The topological polar surface area (TPSA) is 34.1 Å². The molecule has 2 rings (SSSR count). The van der Waals surface area contributed by atoms with Crippen LogP contribution in [0.25, 0.3) is 0 Å². The molecule has 1 heterocycles. The standard InChI is InChI=1S/C16H26N2O/c1-3-19-16-6-4-5-15(18-16)17-12-11-14-9-7-13(2)8-10-14/h4-6,13-14H,3,7-12H2,1-2H3,(H,17,18). The summed E-state index contributed by atoms with van der Waals surface area (Å²) in [6.45, 7) is 6.03. The maximum Gasteiger partial charge on any atom is 0.215 e. The Balaban J connectivity index is 1.71. The van der Waals surface area contributed by atoms with Gasteiger partial charge in [-0.2, -0.15) is 4.98 Å². The van der Waals surface area contributed by atoms with E-state index in [1.807, 2.05) is 25.1 Å². The van der Waals surface area contributed by atoms with E-state index in [4.69, 9.17) is 4.74 Å². The van der Waals surface area contributed by atoms with Crippen molar-refractivity contribution in [2.75, 3.05) is 18.5 Å². The minimum atomic E-state index is 0.663. The first-order chi connectivity index (χ1) is 9.28. The normalized spacial score (nSPS) is 23.1. The number of rotatable bonds is 6. The average molecular weight is 262 g/mol. The molecular weight excluding hydrogens is 236 g/mol. The number of hydrogen-bond donors (Lipinski definition) is 1. The summed E-state index contributed by atoms with van der Waals surface area (Å²) in [6, 6.07) is 5.89. The molecule has 0 aromatic carbocycles. The molecule has 3 nitrogen and oxygen atoms in total. The van der Waals surface area contributed by atoms with Crippen molar-refractivity contribution in [2.45, 2.75) is 46.0 Å². The molecule has 106 valence electrons. The summed E-state index contributed by atoms with van der Waals surface area (Å²) >= 11 is 0. The van der Waals surface area contributed by atoms with E-state index in [2.05, 4.69) is 17.2 Å². The molecular formula is C16H26N2O. The number of pyridine rings is 1. The minimum absolute atomic E-state index is 0.663. The zero-order valence-corrected chi connectivity index (χ0v) is 12.2. The molecule has 0 aliphatic heterocycles. The fourth-order valence-corrected chi connectivity index (χ4v) is 2.76. The second-order valence-corrected chi connectivity index (χ2v) is 5.64. The average Bonchev–Trinajstić information content (AvgIpc) is 2.42. The van der Waals surface area contributed by atoms with Crippen molar-refractivity contribution in [2.24, 2.45) is 11.8 Å². The zero-order valence-electron chi connectivity index (χ0n) is 12.2. The quantitative estimate of drug-likeness (QED) is 0.837. The van der Waals surface area contributed by atoms with Gasteiger partial charge in [-0.05, 0) is 31.2 Å². The van der Waals surface area contributed by atoms with E-state index < -0.39 is 0 Å².